The Morgan fingerprint density at radius 2 is 1.70 bits per heavy atom. The number of carboxylic acid groups (broad SMARTS) is 1. The summed E-state index contributed by atoms with van der Waals surface area (Å²) in [7, 11) is 0. The molecular formula is C15H12Cl2O3. The van der Waals surface area contributed by atoms with Crippen molar-refractivity contribution in [1.82, 2.24) is 0 Å². The number of rotatable bonds is 3. The lowest BCUT2D eigenvalue weighted by molar-refractivity contribution is 0.0697. The number of benzene rings is 2. The van der Waals surface area contributed by atoms with Crippen molar-refractivity contribution in [2.24, 2.45) is 0 Å². The van der Waals surface area contributed by atoms with Gasteiger partial charge in [0.2, 0.25) is 0 Å². The number of hydrogen-bond acceptors (Lipinski definition) is 2. The Balaban J connectivity index is 2.33. The molecule has 0 atom stereocenters. The molecule has 1 N–H and O–H groups in total. The van der Waals surface area contributed by atoms with Crippen LogP contribution in [-0.4, -0.2) is 11.1 Å². The van der Waals surface area contributed by atoms with Gasteiger partial charge in [-0.3, -0.25) is 0 Å². The van der Waals surface area contributed by atoms with E-state index in [0.717, 1.165) is 11.1 Å². The van der Waals surface area contributed by atoms with E-state index in [9.17, 15) is 4.79 Å². The molecule has 0 bridgehead atoms. The smallest absolute Gasteiger partial charge is 0.335 e. The number of aryl methyl sites for hydroxylation is 2. The van der Waals surface area contributed by atoms with Crippen molar-refractivity contribution in [2.45, 2.75) is 13.8 Å². The highest BCUT2D eigenvalue weighted by molar-refractivity contribution is 6.32. The van der Waals surface area contributed by atoms with Gasteiger partial charge in [-0.1, -0.05) is 23.2 Å². The predicted molar refractivity (Wildman–Crippen MR) is 79.4 cm³/mol. The molecule has 0 radical (unpaired) electrons. The Morgan fingerprint density at radius 1 is 1.10 bits per heavy atom. The number of halogens is 2. The highest BCUT2D eigenvalue weighted by atomic mass is 35.5. The van der Waals surface area contributed by atoms with E-state index < -0.39 is 5.97 Å². The molecule has 0 heterocycles. The lowest BCUT2D eigenvalue weighted by Crippen LogP contribution is -1.96. The lowest BCUT2D eigenvalue weighted by atomic mass is 10.1. The Morgan fingerprint density at radius 3 is 2.20 bits per heavy atom. The molecule has 5 heteroatoms. The summed E-state index contributed by atoms with van der Waals surface area (Å²) in [5.74, 6) is -0.0243. The molecule has 2 rings (SSSR count). The van der Waals surface area contributed by atoms with Gasteiger partial charge in [0.1, 0.15) is 11.5 Å². The fourth-order valence-corrected chi connectivity index (χ4v) is 2.14. The van der Waals surface area contributed by atoms with Gasteiger partial charge in [0.05, 0.1) is 10.6 Å². The molecule has 0 aromatic heterocycles. The van der Waals surface area contributed by atoms with E-state index in [4.69, 9.17) is 33.0 Å². The van der Waals surface area contributed by atoms with E-state index in [2.05, 4.69) is 0 Å². The minimum atomic E-state index is -1.03. The van der Waals surface area contributed by atoms with Gasteiger partial charge < -0.3 is 9.84 Å². The summed E-state index contributed by atoms with van der Waals surface area (Å²) < 4.78 is 5.68. The van der Waals surface area contributed by atoms with Gasteiger partial charge in [-0.15, -0.1) is 0 Å². The van der Waals surface area contributed by atoms with Crippen molar-refractivity contribution in [2.75, 3.05) is 0 Å². The molecule has 2 aromatic rings. The van der Waals surface area contributed by atoms with Crippen LogP contribution in [0, 0.1) is 13.8 Å². The predicted octanol–water partition coefficient (Wildman–Crippen LogP) is 5.10. The molecule has 0 fully saturated rings. The molecule has 0 aliphatic heterocycles. The number of carboxylic acids is 1. The molecular weight excluding hydrogens is 299 g/mol. The van der Waals surface area contributed by atoms with Crippen molar-refractivity contribution >= 4 is 29.2 Å². The standard InChI is InChI=1S/C15H12Cl2O3/c1-8-5-11(6-9(2)14(8)17)20-13-4-3-10(15(18)19)7-12(13)16/h3-7H,1-2H3,(H,18,19). The zero-order chi connectivity index (χ0) is 14.9. The van der Waals surface area contributed by atoms with Crippen molar-refractivity contribution in [3.8, 4) is 11.5 Å². The highest BCUT2D eigenvalue weighted by Gasteiger charge is 2.10. The van der Waals surface area contributed by atoms with Crippen molar-refractivity contribution in [3.63, 3.8) is 0 Å². The summed E-state index contributed by atoms with van der Waals surface area (Å²) in [6, 6.07) is 7.94. The molecule has 0 saturated heterocycles. The summed E-state index contributed by atoms with van der Waals surface area (Å²) in [5.41, 5.74) is 1.92. The third-order valence-corrected chi connectivity index (χ3v) is 3.71. The number of aromatic carboxylic acids is 1. The second-order valence-electron chi connectivity index (χ2n) is 4.42. The maximum atomic E-state index is 10.8. The minimum Gasteiger partial charge on any atom is -0.478 e. The summed E-state index contributed by atoms with van der Waals surface area (Å²) in [6.07, 6.45) is 0. The fourth-order valence-electron chi connectivity index (χ4n) is 1.81. The molecule has 3 nitrogen and oxygen atoms in total. The van der Waals surface area contributed by atoms with E-state index in [-0.39, 0.29) is 10.6 Å². The van der Waals surface area contributed by atoms with Gasteiger partial charge in [-0.05, 0) is 55.3 Å². The zero-order valence-corrected chi connectivity index (χ0v) is 12.4. The van der Waals surface area contributed by atoms with Crippen LogP contribution in [0.3, 0.4) is 0 Å². The quantitative estimate of drug-likeness (QED) is 0.857. The van der Waals surface area contributed by atoms with Crippen LogP contribution in [0.2, 0.25) is 10.0 Å². The van der Waals surface area contributed by atoms with E-state index in [1.807, 2.05) is 13.8 Å². The molecule has 0 aliphatic rings. The van der Waals surface area contributed by atoms with E-state index >= 15 is 0 Å². The summed E-state index contributed by atoms with van der Waals surface area (Å²) in [6.45, 7) is 3.77. The van der Waals surface area contributed by atoms with E-state index in [0.29, 0.717) is 16.5 Å². The van der Waals surface area contributed by atoms with E-state index in [1.54, 1.807) is 12.1 Å². The minimum absolute atomic E-state index is 0.116. The van der Waals surface area contributed by atoms with Gasteiger partial charge in [0.15, 0.2) is 0 Å². The van der Waals surface area contributed by atoms with Gasteiger partial charge in [0.25, 0.3) is 0 Å². The van der Waals surface area contributed by atoms with Crippen LogP contribution in [0.5, 0.6) is 11.5 Å². The highest BCUT2D eigenvalue weighted by Crippen LogP contribution is 2.33. The van der Waals surface area contributed by atoms with Gasteiger partial charge in [-0.25, -0.2) is 4.79 Å². The largest absolute Gasteiger partial charge is 0.478 e. The first-order valence-electron chi connectivity index (χ1n) is 5.86. The molecule has 0 unspecified atom stereocenters. The second kappa shape index (κ2) is 5.73. The number of carbonyl (C=O) groups is 1. The molecule has 20 heavy (non-hydrogen) atoms. The molecule has 0 saturated carbocycles. The number of hydrogen-bond donors (Lipinski definition) is 1. The summed E-state index contributed by atoms with van der Waals surface area (Å²) in [4.78, 5) is 10.8. The molecule has 2 aromatic carbocycles. The zero-order valence-electron chi connectivity index (χ0n) is 10.9. The average molecular weight is 311 g/mol. The second-order valence-corrected chi connectivity index (χ2v) is 5.21. The van der Waals surface area contributed by atoms with Gasteiger partial charge >= 0.3 is 5.97 Å². The molecule has 0 aliphatic carbocycles. The monoisotopic (exact) mass is 310 g/mol. The summed E-state index contributed by atoms with van der Waals surface area (Å²) in [5, 5.41) is 9.82. The normalized spacial score (nSPS) is 10.4. The van der Waals surface area contributed by atoms with Crippen LogP contribution >= 0.6 is 23.2 Å². The Hall–Kier alpha value is -1.71. The van der Waals surface area contributed by atoms with Crippen molar-refractivity contribution < 1.29 is 14.6 Å². The molecule has 0 spiro atoms. The fraction of sp³-hybridized carbons (Fsp3) is 0.133. The Bertz CT molecular complexity index is 658. The van der Waals surface area contributed by atoms with Crippen LogP contribution in [0.4, 0.5) is 0 Å². The average Bonchev–Trinajstić information content (AvgIpc) is 2.38. The first-order valence-corrected chi connectivity index (χ1v) is 6.61. The van der Waals surface area contributed by atoms with Crippen LogP contribution in [0.25, 0.3) is 0 Å². The van der Waals surface area contributed by atoms with Crippen molar-refractivity contribution in [1.29, 1.82) is 0 Å². The van der Waals surface area contributed by atoms with Crippen molar-refractivity contribution in [3.05, 3.63) is 57.1 Å². The van der Waals surface area contributed by atoms with Crippen LogP contribution < -0.4 is 4.74 Å². The number of ether oxygens (including phenoxy) is 1. The Kier molecular flexibility index (Phi) is 4.21. The SMILES string of the molecule is Cc1cc(Oc2ccc(C(=O)O)cc2Cl)cc(C)c1Cl. The van der Waals surface area contributed by atoms with Gasteiger partial charge in [0, 0.05) is 5.02 Å². The van der Waals surface area contributed by atoms with Crippen LogP contribution in [0.1, 0.15) is 21.5 Å². The molecule has 104 valence electrons. The summed E-state index contributed by atoms with van der Waals surface area (Å²) >= 11 is 12.1. The molecule has 0 amide bonds. The van der Waals surface area contributed by atoms with Crippen LogP contribution in [-0.2, 0) is 0 Å². The first kappa shape index (κ1) is 14.7. The maximum absolute atomic E-state index is 10.8. The van der Waals surface area contributed by atoms with Crippen LogP contribution in [0.15, 0.2) is 30.3 Å². The van der Waals surface area contributed by atoms with Gasteiger partial charge in [-0.2, -0.15) is 0 Å². The topological polar surface area (TPSA) is 46.5 Å². The third-order valence-electron chi connectivity index (χ3n) is 2.82. The first-order chi connectivity index (χ1) is 9.38. The maximum Gasteiger partial charge on any atom is 0.335 e. The Labute approximate surface area is 126 Å². The third kappa shape index (κ3) is 3.06. The lowest BCUT2D eigenvalue weighted by Gasteiger charge is -2.11. The van der Waals surface area contributed by atoms with E-state index in [1.165, 1.54) is 18.2 Å².